The van der Waals surface area contributed by atoms with Crippen LogP contribution < -0.4 is 11.5 Å². The predicted octanol–water partition coefficient (Wildman–Crippen LogP) is 3.36. The van der Waals surface area contributed by atoms with E-state index in [-0.39, 0.29) is 5.56 Å². The average Bonchev–Trinajstić information content (AvgIpc) is 2.35. The molecule has 1 atom stereocenters. The van der Waals surface area contributed by atoms with E-state index in [1.165, 1.54) is 24.3 Å². The number of rotatable bonds is 1. The zero-order valence-electron chi connectivity index (χ0n) is 11.0. The standard InChI is InChI=1S/C14H12F6N2/c15-13(16,17)10-9(8-4-2-1-3-5-8)6-7-12(21,22)11(10)14(18,19)20/h1-7,11H,21-22H2. The van der Waals surface area contributed by atoms with Gasteiger partial charge in [-0.1, -0.05) is 36.4 Å². The Labute approximate surface area is 122 Å². The van der Waals surface area contributed by atoms with E-state index in [4.69, 9.17) is 11.5 Å². The first-order valence-electron chi connectivity index (χ1n) is 6.15. The van der Waals surface area contributed by atoms with Gasteiger partial charge in [-0.2, -0.15) is 26.3 Å². The van der Waals surface area contributed by atoms with Crippen molar-refractivity contribution in [2.45, 2.75) is 18.0 Å². The van der Waals surface area contributed by atoms with E-state index in [1.807, 2.05) is 0 Å². The third kappa shape index (κ3) is 3.02. The van der Waals surface area contributed by atoms with Crippen molar-refractivity contribution < 1.29 is 26.3 Å². The van der Waals surface area contributed by atoms with Gasteiger partial charge in [0.1, 0.15) is 5.92 Å². The largest absolute Gasteiger partial charge is 0.414 e. The molecule has 120 valence electrons. The summed E-state index contributed by atoms with van der Waals surface area (Å²) in [6, 6.07) is 6.98. The number of hydrogen-bond donors (Lipinski definition) is 2. The van der Waals surface area contributed by atoms with Crippen LogP contribution in [0.5, 0.6) is 0 Å². The van der Waals surface area contributed by atoms with Gasteiger partial charge in [-0.3, -0.25) is 0 Å². The highest BCUT2D eigenvalue weighted by Gasteiger charge is 2.59. The van der Waals surface area contributed by atoms with Crippen LogP contribution >= 0.6 is 0 Å². The van der Waals surface area contributed by atoms with Crippen LogP contribution in [0.3, 0.4) is 0 Å². The molecule has 2 nitrogen and oxygen atoms in total. The van der Waals surface area contributed by atoms with Crippen molar-refractivity contribution in [3.63, 3.8) is 0 Å². The Hall–Kier alpha value is -1.80. The molecule has 8 heteroatoms. The molecule has 0 aromatic heterocycles. The van der Waals surface area contributed by atoms with Crippen LogP contribution in [0.2, 0.25) is 0 Å². The summed E-state index contributed by atoms with van der Waals surface area (Å²) >= 11 is 0. The number of halogens is 6. The Morgan fingerprint density at radius 2 is 1.45 bits per heavy atom. The molecule has 4 N–H and O–H groups in total. The molecule has 1 aromatic rings. The lowest BCUT2D eigenvalue weighted by Crippen LogP contribution is -2.61. The zero-order valence-corrected chi connectivity index (χ0v) is 11.0. The molecule has 0 heterocycles. The molecule has 0 fully saturated rings. The summed E-state index contributed by atoms with van der Waals surface area (Å²) in [7, 11) is 0. The van der Waals surface area contributed by atoms with Gasteiger partial charge in [-0.05, 0) is 17.2 Å². The van der Waals surface area contributed by atoms with Crippen molar-refractivity contribution in [3.05, 3.63) is 53.6 Å². The number of benzene rings is 1. The quantitative estimate of drug-likeness (QED) is 0.615. The molecule has 2 rings (SSSR count). The van der Waals surface area contributed by atoms with E-state index in [9.17, 15) is 26.3 Å². The van der Waals surface area contributed by atoms with Crippen LogP contribution in [0, 0.1) is 5.92 Å². The first-order valence-corrected chi connectivity index (χ1v) is 6.15. The van der Waals surface area contributed by atoms with Gasteiger partial charge < -0.3 is 11.5 Å². The second-order valence-corrected chi connectivity index (χ2v) is 5.00. The molecule has 1 unspecified atom stereocenters. The number of hydrogen-bond acceptors (Lipinski definition) is 2. The normalized spacial score (nSPS) is 22.1. The van der Waals surface area contributed by atoms with E-state index in [0.29, 0.717) is 0 Å². The van der Waals surface area contributed by atoms with Gasteiger partial charge in [-0.15, -0.1) is 0 Å². The van der Waals surface area contributed by atoms with Crippen molar-refractivity contribution in [3.8, 4) is 0 Å². The van der Waals surface area contributed by atoms with Gasteiger partial charge in [-0.25, -0.2) is 0 Å². The number of allylic oxidation sites excluding steroid dienone is 2. The second kappa shape index (κ2) is 5.13. The van der Waals surface area contributed by atoms with Crippen LogP contribution in [0.4, 0.5) is 26.3 Å². The Morgan fingerprint density at radius 3 is 1.91 bits per heavy atom. The first kappa shape index (κ1) is 16.6. The lowest BCUT2D eigenvalue weighted by atomic mass is 9.77. The van der Waals surface area contributed by atoms with Crippen LogP contribution in [0.25, 0.3) is 5.57 Å². The first-order chi connectivity index (χ1) is 9.94. The Kier molecular flexibility index (Phi) is 3.87. The van der Waals surface area contributed by atoms with Crippen LogP contribution in [0.1, 0.15) is 5.56 Å². The van der Waals surface area contributed by atoms with Crippen molar-refractivity contribution >= 4 is 5.57 Å². The highest BCUT2D eigenvalue weighted by molar-refractivity contribution is 5.80. The monoisotopic (exact) mass is 322 g/mol. The molecule has 0 amide bonds. The van der Waals surface area contributed by atoms with Gasteiger partial charge in [0.05, 0.1) is 11.2 Å². The molecule has 0 aliphatic heterocycles. The maximum absolute atomic E-state index is 13.3. The van der Waals surface area contributed by atoms with Crippen LogP contribution in [-0.2, 0) is 0 Å². The summed E-state index contributed by atoms with van der Waals surface area (Å²) in [5, 5.41) is 0. The average molecular weight is 322 g/mol. The highest BCUT2D eigenvalue weighted by Crippen LogP contribution is 2.49. The molecule has 1 aliphatic carbocycles. The molecule has 0 radical (unpaired) electrons. The number of alkyl halides is 6. The molecule has 0 saturated heterocycles. The van der Waals surface area contributed by atoms with Crippen molar-refractivity contribution in [1.29, 1.82) is 0 Å². The fraction of sp³-hybridized carbons (Fsp3) is 0.286. The van der Waals surface area contributed by atoms with Crippen LogP contribution in [0.15, 0.2) is 48.1 Å². The van der Waals surface area contributed by atoms with E-state index in [0.717, 1.165) is 12.2 Å². The molecule has 0 bridgehead atoms. The topological polar surface area (TPSA) is 52.0 Å². The lowest BCUT2D eigenvalue weighted by molar-refractivity contribution is -0.197. The van der Waals surface area contributed by atoms with Crippen molar-refractivity contribution in [2.75, 3.05) is 0 Å². The summed E-state index contributed by atoms with van der Waals surface area (Å²) in [6.07, 6.45) is -8.82. The maximum atomic E-state index is 13.3. The summed E-state index contributed by atoms with van der Waals surface area (Å²) in [6.45, 7) is 0. The SMILES string of the molecule is NC1(N)C=CC(c2ccccc2)=C(C(F)(F)F)C1C(F)(F)F. The fourth-order valence-electron chi connectivity index (χ4n) is 2.45. The Balaban J connectivity index is 2.76. The zero-order chi connectivity index (χ0) is 16.8. The second-order valence-electron chi connectivity index (χ2n) is 5.00. The van der Waals surface area contributed by atoms with E-state index in [2.05, 4.69) is 0 Å². The molecule has 22 heavy (non-hydrogen) atoms. The molecule has 1 aromatic carbocycles. The highest BCUT2D eigenvalue weighted by atomic mass is 19.4. The van der Waals surface area contributed by atoms with Gasteiger partial charge >= 0.3 is 12.4 Å². The Bertz CT molecular complexity index is 610. The minimum absolute atomic E-state index is 0.0100. The third-order valence-electron chi connectivity index (χ3n) is 3.34. The fourth-order valence-corrected chi connectivity index (χ4v) is 2.45. The van der Waals surface area contributed by atoms with Gasteiger partial charge in [0.15, 0.2) is 0 Å². The summed E-state index contributed by atoms with van der Waals surface area (Å²) in [4.78, 5) is 0. The van der Waals surface area contributed by atoms with Gasteiger partial charge in [0, 0.05) is 0 Å². The molecular weight excluding hydrogens is 310 g/mol. The smallest absolute Gasteiger partial charge is 0.309 e. The molecule has 0 spiro atoms. The number of nitrogens with two attached hydrogens (primary N) is 2. The molecule has 0 saturated carbocycles. The van der Waals surface area contributed by atoms with E-state index >= 15 is 0 Å². The molecule has 1 aliphatic rings. The summed E-state index contributed by atoms with van der Waals surface area (Å²) in [5.41, 5.74) is 5.53. The maximum Gasteiger partial charge on any atom is 0.414 e. The lowest BCUT2D eigenvalue weighted by Gasteiger charge is -2.39. The van der Waals surface area contributed by atoms with Crippen molar-refractivity contribution in [2.24, 2.45) is 17.4 Å². The van der Waals surface area contributed by atoms with E-state index < -0.39 is 35.1 Å². The van der Waals surface area contributed by atoms with Crippen molar-refractivity contribution in [1.82, 2.24) is 0 Å². The summed E-state index contributed by atoms with van der Waals surface area (Å²) < 4.78 is 79.4. The van der Waals surface area contributed by atoms with Gasteiger partial charge in [0.2, 0.25) is 0 Å². The van der Waals surface area contributed by atoms with Crippen LogP contribution in [-0.4, -0.2) is 18.0 Å². The minimum atomic E-state index is -5.24. The predicted molar refractivity (Wildman–Crippen MR) is 69.2 cm³/mol. The van der Waals surface area contributed by atoms with E-state index in [1.54, 1.807) is 6.07 Å². The Morgan fingerprint density at radius 1 is 0.909 bits per heavy atom. The van der Waals surface area contributed by atoms with Gasteiger partial charge in [0.25, 0.3) is 0 Å². The summed E-state index contributed by atoms with van der Waals surface area (Å²) in [5.74, 6) is -3.04. The molecular formula is C14H12F6N2. The minimum Gasteiger partial charge on any atom is -0.309 e. The third-order valence-corrected chi connectivity index (χ3v) is 3.34.